The summed E-state index contributed by atoms with van der Waals surface area (Å²) in [5, 5.41) is 6.95. The molecule has 2 heterocycles. The molecule has 128 valence electrons. The number of nitrogens with one attached hydrogen (secondary N) is 1. The maximum atomic E-state index is 13.1. The summed E-state index contributed by atoms with van der Waals surface area (Å²) in [6.45, 7) is 5.00. The van der Waals surface area contributed by atoms with Gasteiger partial charge in [0.1, 0.15) is 11.9 Å². The minimum Gasteiger partial charge on any atom is -0.366 e. The van der Waals surface area contributed by atoms with E-state index in [2.05, 4.69) is 15.2 Å². The van der Waals surface area contributed by atoms with Crippen molar-refractivity contribution in [3.8, 4) is 0 Å². The van der Waals surface area contributed by atoms with Crippen LogP contribution in [0.3, 0.4) is 0 Å². The highest BCUT2D eigenvalue weighted by Crippen LogP contribution is 2.29. The van der Waals surface area contributed by atoms with Crippen molar-refractivity contribution in [3.05, 3.63) is 47.5 Å². The Morgan fingerprint density at radius 1 is 1.42 bits per heavy atom. The van der Waals surface area contributed by atoms with E-state index in [4.69, 9.17) is 9.47 Å². The Kier molecular flexibility index (Phi) is 4.64. The first-order chi connectivity index (χ1) is 11.5. The molecule has 1 aromatic heterocycles. The molecule has 1 saturated heterocycles. The highest BCUT2D eigenvalue weighted by Gasteiger charge is 2.40. The second-order valence-corrected chi connectivity index (χ2v) is 5.99. The zero-order chi connectivity index (χ0) is 17.2. The number of carbonyl (C=O) groups excluding carboxylic acids is 1. The minimum absolute atomic E-state index is 0.0863. The van der Waals surface area contributed by atoms with Crippen LogP contribution < -0.4 is 0 Å². The molecule has 0 bridgehead atoms. The van der Waals surface area contributed by atoms with Crippen LogP contribution in [0.5, 0.6) is 0 Å². The molecular weight excluding hydrogens is 308 g/mol. The molecule has 1 N–H and O–H groups in total. The average Bonchev–Trinajstić information content (AvgIpc) is 3.07. The first-order valence-corrected chi connectivity index (χ1v) is 7.95. The number of rotatable bonds is 4. The third-order valence-corrected chi connectivity index (χ3v) is 4.40. The van der Waals surface area contributed by atoms with Crippen LogP contribution in [-0.2, 0) is 19.9 Å². The van der Waals surface area contributed by atoms with E-state index in [0.717, 1.165) is 11.4 Å². The van der Waals surface area contributed by atoms with Crippen LogP contribution in [0.1, 0.15) is 30.2 Å². The van der Waals surface area contributed by atoms with Gasteiger partial charge in [-0.3, -0.25) is 9.89 Å². The summed E-state index contributed by atoms with van der Waals surface area (Å²) in [6, 6.07) is 9.52. The summed E-state index contributed by atoms with van der Waals surface area (Å²) < 4.78 is 11.3. The van der Waals surface area contributed by atoms with Crippen molar-refractivity contribution in [2.24, 2.45) is 0 Å². The molecule has 2 aromatic rings. The van der Waals surface area contributed by atoms with E-state index in [0.29, 0.717) is 25.5 Å². The second-order valence-electron chi connectivity index (χ2n) is 5.99. The lowest BCUT2D eigenvalue weighted by Crippen LogP contribution is -2.51. The number of hydrogen-bond donors (Lipinski definition) is 1. The first kappa shape index (κ1) is 16.6. The van der Waals surface area contributed by atoms with Gasteiger partial charge in [0.2, 0.25) is 0 Å². The van der Waals surface area contributed by atoms with Crippen molar-refractivity contribution in [1.29, 1.82) is 0 Å². The van der Waals surface area contributed by atoms with Gasteiger partial charge in [0.05, 0.1) is 13.2 Å². The molecule has 1 aliphatic rings. The third kappa shape index (κ3) is 3.05. The number of amides is 1. The van der Waals surface area contributed by atoms with E-state index >= 15 is 0 Å². The summed E-state index contributed by atoms with van der Waals surface area (Å²) in [7, 11) is 1.56. The minimum atomic E-state index is -1.03. The summed E-state index contributed by atoms with van der Waals surface area (Å²) in [4.78, 5) is 19.2. The van der Waals surface area contributed by atoms with Crippen molar-refractivity contribution < 1.29 is 14.3 Å². The van der Waals surface area contributed by atoms with Crippen LogP contribution in [-0.4, -0.2) is 52.8 Å². The average molecular weight is 330 g/mol. The molecular formula is C17H22N4O3. The van der Waals surface area contributed by atoms with Crippen molar-refractivity contribution in [1.82, 2.24) is 20.1 Å². The number of aromatic amines is 1. The van der Waals surface area contributed by atoms with Gasteiger partial charge in [0.15, 0.2) is 11.4 Å². The molecule has 24 heavy (non-hydrogen) atoms. The van der Waals surface area contributed by atoms with Gasteiger partial charge in [-0.05, 0) is 19.4 Å². The smallest absolute Gasteiger partial charge is 0.259 e. The highest BCUT2D eigenvalue weighted by atomic mass is 16.5. The van der Waals surface area contributed by atoms with Gasteiger partial charge in [-0.15, -0.1) is 0 Å². The van der Waals surface area contributed by atoms with E-state index in [1.807, 2.05) is 37.3 Å². The SMILES string of the molecule is COC(C)(C(=O)N1CCOC(c2n[nH]c(C)n2)C1)c1ccccc1. The van der Waals surface area contributed by atoms with Gasteiger partial charge in [0.25, 0.3) is 5.91 Å². The summed E-state index contributed by atoms with van der Waals surface area (Å²) >= 11 is 0. The molecule has 2 atom stereocenters. The molecule has 0 spiro atoms. The Bertz CT molecular complexity index is 703. The number of H-pyrrole nitrogens is 1. The van der Waals surface area contributed by atoms with Crippen molar-refractivity contribution in [2.45, 2.75) is 25.6 Å². The molecule has 3 rings (SSSR count). The quantitative estimate of drug-likeness (QED) is 0.920. The second kappa shape index (κ2) is 6.70. The zero-order valence-corrected chi connectivity index (χ0v) is 14.2. The van der Waals surface area contributed by atoms with Gasteiger partial charge >= 0.3 is 0 Å². The number of aryl methyl sites for hydroxylation is 1. The van der Waals surface area contributed by atoms with E-state index in [1.54, 1.807) is 18.9 Å². The number of benzene rings is 1. The summed E-state index contributed by atoms with van der Waals surface area (Å²) in [5.41, 5.74) is -0.202. The van der Waals surface area contributed by atoms with Crippen LogP contribution in [0.2, 0.25) is 0 Å². The molecule has 7 heteroatoms. The number of methoxy groups -OCH3 is 1. The number of nitrogens with zero attached hydrogens (tertiary/aromatic N) is 3. The fraction of sp³-hybridized carbons (Fsp3) is 0.471. The Labute approximate surface area is 141 Å². The molecule has 1 fully saturated rings. The topological polar surface area (TPSA) is 80.3 Å². The molecule has 2 unspecified atom stereocenters. The lowest BCUT2D eigenvalue weighted by atomic mass is 9.93. The Morgan fingerprint density at radius 3 is 2.79 bits per heavy atom. The van der Waals surface area contributed by atoms with Gasteiger partial charge < -0.3 is 14.4 Å². The fourth-order valence-electron chi connectivity index (χ4n) is 2.88. The lowest BCUT2D eigenvalue weighted by molar-refractivity contribution is -0.162. The van der Waals surface area contributed by atoms with Crippen LogP contribution in [0, 0.1) is 6.92 Å². The Balaban J connectivity index is 1.80. The van der Waals surface area contributed by atoms with E-state index in [-0.39, 0.29) is 12.0 Å². The third-order valence-electron chi connectivity index (χ3n) is 4.40. The van der Waals surface area contributed by atoms with Gasteiger partial charge in [-0.25, -0.2) is 4.98 Å². The van der Waals surface area contributed by atoms with Crippen LogP contribution in [0.4, 0.5) is 0 Å². The van der Waals surface area contributed by atoms with Crippen LogP contribution in [0.15, 0.2) is 30.3 Å². The van der Waals surface area contributed by atoms with E-state index < -0.39 is 5.60 Å². The number of ether oxygens (including phenoxy) is 2. The number of hydrogen-bond acceptors (Lipinski definition) is 5. The molecule has 0 saturated carbocycles. The van der Waals surface area contributed by atoms with E-state index in [9.17, 15) is 4.79 Å². The highest BCUT2D eigenvalue weighted by molar-refractivity contribution is 5.86. The number of morpholine rings is 1. The van der Waals surface area contributed by atoms with E-state index in [1.165, 1.54) is 0 Å². The van der Waals surface area contributed by atoms with Crippen LogP contribution >= 0.6 is 0 Å². The predicted octanol–water partition coefficient (Wildman–Crippen LogP) is 1.57. The Morgan fingerprint density at radius 2 is 2.17 bits per heavy atom. The zero-order valence-electron chi connectivity index (χ0n) is 14.2. The molecule has 0 radical (unpaired) electrons. The number of aromatic nitrogens is 3. The molecule has 1 aliphatic heterocycles. The van der Waals surface area contributed by atoms with Gasteiger partial charge in [0, 0.05) is 13.7 Å². The molecule has 1 amide bonds. The first-order valence-electron chi connectivity index (χ1n) is 7.95. The maximum Gasteiger partial charge on any atom is 0.259 e. The maximum absolute atomic E-state index is 13.1. The largest absolute Gasteiger partial charge is 0.366 e. The molecule has 1 aromatic carbocycles. The van der Waals surface area contributed by atoms with Crippen molar-refractivity contribution in [2.75, 3.05) is 26.8 Å². The molecule has 7 nitrogen and oxygen atoms in total. The monoisotopic (exact) mass is 330 g/mol. The van der Waals surface area contributed by atoms with Crippen molar-refractivity contribution in [3.63, 3.8) is 0 Å². The lowest BCUT2D eigenvalue weighted by Gasteiger charge is -2.37. The van der Waals surface area contributed by atoms with Crippen LogP contribution in [0.25, 0.3) is 0 Å². The standard InChI is InChI=1S/C17H22N4O3/c1-12-18-15(20-19-12)14-11-21(9-10-24-14)16(22)17(2,23-3)13-7-5-4-6-8-13/h4-8,14H,9-11H2,1-3H3,(H,18,19,20). The normalized spacial score (nSPS) is 20.6. The Hall–Kier alpha value is -2.25. The van der Waals surface area contributed by atoms with Gasteiger partial charge in [-0.2, -0.15) is 5.10 Å². The predicted molar refractivity (Wildman–Crippen MR) is 87.2 cm³/mol. The molecule has 0 aliphatic carbocycles. The fourth-order valence-corrected chi connectivity index (χ4v) is 2.88. The van der Waals surface area contributed by atoms with Gasteiger partial charge in [-0.1, -0.05) is 30.3 Å². The summed E-state index contributed by atoms with van der Waals surface area (Å²) in [5.74, 6) is 1.21. The van der Waals surface area contributed by atoms with Crippen molar-refractivity contribution >= 4 is 5.91 Å². The number of carbonyl (C=O) groups is 1. The summed E-state index contributed by atoms with van der Waals surface area (Å²) in [6.07, 6.45) is -0.329.